The van der Waals surface area contributed by atoms with E-state index in [1.165, 1.54) is 50.0 Å². The number of aryl methyl sites for hydroxylation is 4. The number of benzene rings is 1. The molecule has 6 heterocycles. The summed E-state index contributed by atoms with van der Waals surface area (Å²) in [4.78, 5) is 23.1. The maximum Gasteiger partial charge on any atom is 0.0832 e. The summed E-state index contributed by atoms with van der Waals surface area (Å²) in [7, 11) is 0. The van der Waals surface area contributed by atoms with Crippen LogP contribution in [0.3, 0.4) is 0 Å². The molecule has 5 aromatic heterocycles. The number of nitrogens with one attached hydrogen (secondary N) is 2. The predicted octanol–water partition coefficient (Wildman–Crippen LogP) is 9.71. The standard InChI is InChI=1S/C37H39N5/c1-7-20-22(9-3)31-18-33-24(11-5)25(12-6)36(41-33)27-13-14-28-35-26(15-16-38-28)34(42-37(27)35)19-32-23(10-4)21(8-2)30(40-32)17-29(20)39-31/h13-19,39-40H,7-12H2,1-6H3. The number of hydrogen-bond acceptors (Lipinski definition) is 3. The third-order valence-electron chi connectivity index (χ3n) is 9.37. The van der Waals surface area contributed by atoms with Gasteiger partial charge in [-0.15, -0.1) is 0 Å². The van der Waals surface area contributed by atoms with Crippen molar-refractivity contribution in [2.75, 3.05) is 0 Å². The zero-order valence-corrected chi connectivity index (χ0v) is 25.6. The van der Waals surface area contributed by atoms with Gasteiger partial charge in [0.1, 0.15) is 0 Å². The fraction of sp³-hybridized carbons (Fsp3) is 0.324. The summed E-state index contributed by atoms with van der Waals surface area (Å²) in [5.74, 6) is 0. The quantitative estimate of drug-likeness (QED) is 0.216. The highest BCUT2D eigenvalue weighted by atomic mass is 14.8. The monoisotopic (exact) mass is 553 g/mol. The van der Waals surface area contributed by atoms with Crippen molar-refractivity contribution in [3.63, 3.8) is 0 Å². The van der Waals surface area contributed by atoms with Crippen molar-refractivity contribution in [1.82, 2.24) is 24.9 Å². The first kappa shape index (κ1) is 26.6. The van der Waals surface area contributed by atoms with Crippen LogP contribution in [0.5, 0.6) is 0 Å². The Balaban J connectivity index is 1.78. The largest absolute Gasteiger partial charge is 0.355 e. The second-order valence-electron chi connectivity index (χ2n) is 11.4. The average Bonchev–Trinajstić information content (AvgIpc) is 3.74. The number of allylic oxidation sites excluding steroid dienone is 2. The fourth-order valence-electron chi connectivity index (χ4n) is 7.48. The van der Waals surface area contributed by atoms with E-state index in [2.05, 4.69) is 87.9 Å². The maximum atomic E-state index is 5.38. The molecule has 1 aliphatic heterocycles. The lowest BCUT2D eigenvalue weighted by molar-refractivity contribution is 1.07. The van der Waals surface area contributed by atoms with Gasteiger partial charge in [-0.1, -0.05) is 41.5 Å². The van der Waals surface area contributed by atoms with Crippen LogP contribution in [0, 0.1) is 0 Å². The van der Waals surface area contributed by atoms with Gasteiger partial charge in [0.25, 0.3) is 0 Å². The molecule has 8 bridgehead atoms. The molecule has 6 aromatic rings. The second kappa shape index (κ2) is 10.2. The van der Waals surface area contributed by atoms with Crippen molar-refractivity contribution in [1.29, 1.82) is 0 Å². The van der Waals surface area contributed by atoms with E-state index in [4.69, 9.17) is 15.0 Å². The van der Waals surface area contributed by atoms with Gasteiger partial charge < -0.3 is 9.97 Å². The molecule has 0 aliphatic carbocycles. The van der Waals surface area contributed by atoms with Crippen LogP contribution in [-0.4, -0.2) is 24.9 Å². The Kier molecular flexibility index (Phi) is 6.49. The maximum absolute atomic E-state index is 5.38. The van der Waals surface area contributed by atoms with Crippen molar-refractivity contribution in [2.24, 2.45) is 0 Å². The second-order valence-corrected chi connectivity index (χ2v) is 11.4. The lowest BCUT2D eigenvalue weighted by Gasteiger charge is -2.05. The minimum atomic E-state index is 0.925. The van der Waals surface area contributed by atoms with Crippen LogP contribution in [0.4, 0.5) is 0 Å². The van der Waals surface area contributed by atoms with Gasteiger partial charge in [-0.25, -0.2) is 9.97 Å². The molecule has 0 amide bonds. The fourth-order valence-corrected chi connectivity index (χ4v) is 7.48. The van der Waals surface area contributed by atoms with Gasteiger partial charge in [-0.2, -0.15) is 0 Å². The summed E-state index contributed by atoms with van der Waals surface area (Å²) in [6.45, 7) is 13.5. The van der Waals surface area contributed by atoms with Crippen molar-refractivity contribution >= 4 is 65.9 Å². The van der Waals surface area contributed by atoms with Crippen LogP contribution < -0.4 is 0 Å². The van der Waals surface area contributed by atoms with Gasteiger partial charge in [-0.05, 0) is 108 Å². The van der Waals surface area contributed by atoms with Crippen LogP contribution in [0.25, 0.3) is 65.9 Å². The van der Waals surface area contributed by atoms with Gasteiger partial charge in [0.05, 0.1) is 27.9 Å². The Labute approximate surface area is 246 Å². The van der Waals surface area contributed by atoms with E-state index in [-0.39, 0.29) is 0 Å². The highest BCUT2D eigenvalue weighted by Crippen LogP contribution is 2.40. The Morgan fingerprint density at radius 3 is 1.74 bits per heavy atom. The number of pyridine rings is 1. The summed E-state index contributed by atoms with van der Waals surface area (Å²) < 4.78 is 0. The first-order valence-corrected chi connectivity index (χ1v) is 15.8. The van der Waals surface area contributed by atoms with Gasteiger partial charge >= 0.3 is 0 Å². The Morgan fingerprint density at radius 1 is 0.548 bits per heavy atom. The normalized spacial score (nSPS) is 13.0. The van der Waals surface area contributed by atoms with Crippen LogP contribution in [-0.2, 0) is 25.7 Å². The van der Waals surface area contributed by atoms with Gasteiger partial charge in [-0.3, -0.25) is 4.98 Å². The highest BCUT2D eigenvalue weighted by Gasteiger charge is 2.22. The molecular weight excluding hydrogens is 514 g/mol. The first-order valence-electron chi connectivity index (χ1n) is 15.8. The molecule has 1 aromatic carbocycles. The molecule has 5 heteroatoms. The van der Waals surface area contributed by atoms with E-state index in [0.717, 1.165) is 88.1 Å². The number of hydrogen-bond donors (Lipinski definition) is 2. The van der Waals surface area contributed by atoms with E-state index >= 15 is 0 Å². The molecule has 0 spiro atoms. The molecule has 0 radical (unpaired) electrons. The minimum absolute atomic E-state index is 0.925. The van der Waals surface area contributed by atoms with E-state index in [1.807, 2.05) is 6.20 Å². The lowest BCUT2D eigenvalue weighted by atomic mass is 9.97. The van der Waals surface area contributed by atoms with Crippen LogP contribution in [0.15, 0.2) is 42.6 Å². The van der Waals surface area contributed by atoms with Gasteiger partial charge in [0.2, 0.25) is 0 Å². The van der Waals surface area contributed by atoms with Crippen LogP contribution in [0.1, 0.15) is 88.0 Å². The van der Waals surface area contributed by atoms with Crippen LogP contribution in [0.2, 0.25) is 0 Å². The van der Waals surface area contributed by atoms with Crippen molar-refractivity contribution in [3.05, 3.63) is 76.2 Å². The average molecular weight is 554 g/mol. The SMILES string of the molecule is CCC1=C(CC)c2nc1cc1[nH]c(cc3[nH]c(cc4nc5c2ccc2nccc4c25)c(CC)c3CC)c(CC)c1CC. The molecule has 0 saturated heterocycles. The Bertz CT molecular complexity index is 2160. The molecule has 7 rings (SSSR count). The third-order valence-corrected chi connectivity index (χ3v) is 9.37. The van der Waals surface area contributed by atoms with E-state index < -0.39 is 0 Å². The summed E-state index contributed by atoms with van der Waals surface area (Å²) in [5.41, 5.74) is 18.0. The molecule has 2 N–H and O–H groups in total. The zero-order valence-electron chi connectivity index (χ0n) is 25.6. The summed E-state index contributed by atoms with van der Waals surface area (Å²) in [6.07, 6.45) is 7.65. The number of aromatic amines is 2. The van der Waals surface area contributed by atoms with Gasteiger partial charge in [0, 0.05) is 44.4 Å². The van der Waals surface area contributed by atoms with Gasteiger partial charge in [0.15, 0.2) is 0 Å². The summed E-state index contributed by atoms with van der Waals surface area (Å²) >= 11 is 0. The number of nitrogens with zero attached hydrogens (tertiary/aromatic N) is 3. The number of H-pyrrole nitrogens is 2. The first-order chi connectivity index (χ1) is 20.5. The van der Waals surface area contributed by atoms with Crippen molar-refractivity contribution < 1.29 is 0 Å². The highest BCUT2D eigenvalue weighted by molar-refractivity contribution is 6.21. The smallest absolute Gasteiger partial charge is 0.0832 e. The Hall–Kier alpha value is -4.25. The summed E-state index contributed by atoms with van der Waals surface area (Å²) in [6, 6.07) is 13.3. The van der Waals surface area contributed by atoms with E-state index in [1.54, 1.807) is 0 Å². The summed E-state index contributed by atoms with van der Waals surface area (Å²) in [5, 5.41) is 3.37. The molecule has 42 heavy (non-hydrogen) atoms. The molecule has 0 atom stereocenters. The molecule has 5 nitrogen and oxygen atoms in total. The molecular formula is C37H39N5. The third kappa shape index (κ3) is 3.79. The zero-order chi connectivity index (χ0) is 29.1. The van der Waals surface area contributed by atoms with E-state index in [9.17, 15) is 0 Å². The van der Waals surface area contributed by atoms with Crippen molar-refractivity contribution in [2.45, 2.75) is 80.1 Å². The molecule has 1 aliphatic rings. The molecule has 212 valence electrons. The molecule has 0 unspecified atom stereocenters. The Morgan fingerprint density at radius 2 is 1.14 bits per heavy atom. The number of aromatic nitrogens is 5. The topological polar surface area (TPSA) is 70.2 Å². The molecule has 0 fully saturated rings. The van der Waals surface area contributed by atoms with Crippen LogP contribution >= 0.6 is 0 Å². The lowest BCUT2D eigenvalue weighted by Crippen LogP contribution is -1.87. The van der Waals surface area contributed by atoms with E-state index in [0.29, 0.717) is 0 Å². The number of rotatable bonds is 6. The van der Waals surface area contributed by atoms with Crippen molar-refractivity contribution in [3.8, 4) is 0 Å². The predicted molar refractivity (Wildman–Crippen MR) is 179 cm³/mol. The minimum Gasteiger partial charge on any atom is -0.355 e. The number of fused-ring (bicyclic) bond motifs is 9. The molecule has 0 saturated carbocycles.